The Labute approximate surface area is 103 Å². The van der Waals surface area contributed by atoms with E-state index in [1.54, 1.807) is 6.08 Å². The Morgan fingerprint density at radius 1 is 1.71 bits per heavy atom. The average Bonchev–Trinajstić information content (AvgIpc) is 2.36. The van der Waals surface area contributed by atoms with Crippen LogP contribution in [0.3, 0.4) is 0 Å². The largest absolute Gasteiger partial charge is 0.368 e. The molecule has 1 unspecified atom stereocenters. The SMILES string of the molecule is C#CCOCC1CCCN(C(=O)NCC=C)C1. The molecule has 4 heteroatoms. The smallest absolute Gasteiger partial charge is 0.317 e. The van der Waals surface area contributed by atoms with Gasteiger partial charge >= 0.3 is 6.03 Å². The molecule has 1 fully saturated rings. The predicted octanol–water partition coefficient (Wildman–Crippen LogP) is 1.24. The summed E-state index contributed by atoms with van der Waals surface area (Å²) < 4.78 is 5.32. The molecular formula is C13H20N2O2. The molecule has 1 saturated heterocycles. The van der Waals surface area contributed by atoms with Gasteiger partial charge in [-0.25, -0.2) is 4.79 Å². The van der Waals surface area contributed by atoms with Crippen molar-refractivity contribution in [1.82, 2.24) is 10.2 Å². The lowest BCUT2D eigenvalue weighted by molar-refractivity contribution is 0.0860. The van der Waals surface area contributed by atoms with E-state index in [0.29, 0.717) is 25.7 Å². The van der Waals surface area contributed by atoms with E-state index in [-0.39, 0.29) is 6.03 Å². The molecule has 2 amide bonds. The van der Waals surface area contributed by atoms with Crippen molar-refractivity contribution >= 4 is 6.03 Å². The summed E-state index contributed by atoms with van der Waals surface area (Å²) in [5.41, 5.74) is 0. The third-order valence-electron chi connectivity index (χ3n) is 2.74. The molecule has 1 rings (SSSR count). The maximum atomic E-state index is 11.7. The number of hydrogen-bond acceptors (Lipinski definition) is 2. The number of carbonyl (C=O) groups excluding carboxylic acids is 1. The maximum Gasteiger partial charge on any atom is 0.317 e. The first-order chi connectivity index (χ1) is 8.27. The van der Waals surface area contributed by atoms with Crippen molar-refractivity contribution in [1.29, 1.82) is 0 Å². The molecule has 0 saturated carbocycles. The molecule has 0 bridgehead atoms. The van der Waals surface area contributed by atoms with Gasteiger partial charge in [0.2, 0.25) is 0 Å². The van der Waals surface area contributed by atoms with E-state index in [9.17, 15) is 4.79 Å². The summed E-state index contributed by atoms with van der Waals surface area (Å²) in [5, 5.41) is 2.79. The Hall–Kier alpha value is -1.47. The summed E-state index contributed by atoms with van der Waals surface area (Å²) in [6, 6.07) is -0.0217. The second kappa shape index (κ2) is 7.75. The van der Waals surface area contributed by atoms with Crippen LogP contribution in [0.15, 0.2) is 12.7 Å². The molecule has 0 aromatic rings. The predicted molar refractivity (Wildman–Crippen MR) is 67.5 cm³/mol. The summed E-state index contributed by atoms with van der Waals surface area (Å²) in [4.78, 5) is 13.6. The normalized spacial score (nSPS) is 19.5. The number of terminal acetylenes is 1. The first-order valence-corrected chi connectivity index (χ1v) is 5.92. The van der Waals surface area contributed by atoms with E-state index in [1.807, 2.05) is 4.90 Å². The fourth-order valence-electron chi connectivity index (χ4n) is 1.94. The molecule has 4 nitrogen and oxygen atoms in total. The van der Waals surface area contributed by atoms with Crippen LogP contribution in [0.5, 0.6) is 0 Å². The highest BCUT2D eigenvalue weighted by atomic mass is 16.5. The van der Waals surface area contributed by atoms with Crippen molar-refractivity contribution in [2.75, 3.05) is 32.8 Å². The van der Waals surface area contributed by atoms with Crippen LogP contribution in [0.25, 0.3) is 0 Å². The Morgan fingerprint density at radius 2 is 2.53 bits per heavy atom. The minimum Gasteiger partial charge on any atom is -0.368 e. The Balaban J connectivity index is 2.30. The van der Waals surface area contributed by atoms with Crippen LogP contribution >= 0.6 is 0 Å². The van der Waals surface area contributed by atoms with E-state index in [1.165, 1.54) is 0 Å². The number of hydrogen-bond donors (Lipinski definition) is 1. The zero-order chi connectivity index (χ0) is 12.5. The minimum atomic E-state index is -0.0217. The molecule has 0 aromatic heterocycles. The van der Waals surface area contributed by atoms with Crippen molar-refractivity contribution in [2.24, 2.45) is 5.92 Å². The van der Waals surface area contributed by atoms with Crippen LogP contribution in [0.4, 0.5) is 4.79 Å². The minimum absolute atomic E-state index is 0.0217. The van der Waals surface area contributed by atoms with Crippen LogP contribution in [-0.2, 0) is 4.74 Å². The first-order valence-electron chi connectivity index (χ1n) is 5.92. The number of carbonyl (C=O) groups is 1. The number of piperidine rings is 1. The quantitative estimate of drug-likeness (QED) is 0.443. The molecule has 0 spiro atoms. The van der Waals surface area contributed by atoms with Gasteiger partial charge in [-0.1, -0.05) is 12.0 Å². The Bertz CT molecular complexity index is 296. The number of urea groups is 1. The molecule has 0 aromatic carbocycles. The van der Waals surface area contributed by atoms with Gasteiger partial charge < -0.3 is 15.0 Å². The van der Waals surface area contributed by atoms with Crippen LogP contribution in [-0.4, -0.2) is 43.8 Å². The topological polar surface area (TPSA) is 41.6 Å². The molecule has 0 aliphatic carbocycles. The molecule has 94 valence electrons. The molecule has 1 aliphatic heterocycles. The second-order valence-corrected chi connectivity index (χ2v) is 4.15. The van der Waals surface area contributed by atoms with Gasteiger partial charge in [0, 0.05) is 25.6 Å². The average molecular weight is 236 g/mol. The lowest BCUT2D eigenvalue weighted by atomic mass is 9.99. The maximum absolute atomic E-state index is 11.7. The van der Waals surface area contributed by atoms with Crippen LogP contribution in [0.2, 0.25) is 0 Å². The standard InChI is InChI=1S/C13H20N2O2/c1-3-7-14-13(16)15-8-5-6-12(10-15)11-17-9-4-2/h2-3,12H,1,5-11H2,(H,14,16). The van der Waals surface area contributed by atoms with Crippen LogP contribution in [0, 0.1) is 18.3 Å². The van der Waals surface area contributed by atoms with Crippen molar-refractivity contribution in [2.45, 2.75) is 12.8 Å². The number of rotatable bonds is 5. The third kappa shape index (κ3) is 4.92. The molecular weight excluding hydrogens is 216 g/mol. The van der Waals surface area contributed by atoms with Gasteiger partial charge in [-0.15, -0.1) is 13.0 Å². The monoisotopic (exact) mass is 236 g/mol. The van der Waals surface area contributed by atoms with Crippen LogP contribution in [0.1, 0.15) is 12.8 Å². The zero-order valence-corrected chi connectivity index (χ0v) is 10.2. The molecule has 17 heavy (non-hydrogen) atoms. The summed E-state index contributed by atoms with van der Waals surface area (Å²) in [6.07, 6.45) is 8.90. The third-order valence-corrected chi connectivity index (χ3v) is 2.74. The van der Waals surface area contributed by atoms with Gasteiger partial charge in [0.1, 0.15) is 6.61 Å². The summed E-state index contributed by atoms with van der Waals surface area (Å²) in [7, 11) is 0. The van der Waals surface area contributed by atoms with Crippen molar-refractivity contribution < 1.29 is 9.53 Å². The highest BCUT2D eigenvalue weighted by Crippen LogP contribution is 2.16. The molecule has 1 aliphatic rings. The van der Waals surface area contributed by atoms with Gasteiger partial charge in [-0.2, -0.15) is 0 Å². The highest BCUT2D eigenvalue weighted by Gasteiger charge is 2.23. The van der Waals surface area contributed by atoms with Crippen molar-refractivity contribution in [3.8, 4) is 12.3 Å². The van der Waals surface area contributed by atoms with Crippen LogP contribution < -0.4 is 5.32 Å². The number of amides is 2. The van der Waals surface area contributed by atoms with E-state index in [2.05, 4.69) is 17.8 Å². The first kappa shape index (κ1) is 13.6. The highest BCUT2D eigenvalue weighted by molar-refractivity contribution is 5.74. The lowest BCUT2D eigenvalue weighted by Gasteiger charge is -2.32. The van der Waals surface area contributed by atoms with Gasteiger partial charge in [-0.05, 0) is 12.8 Å². The molecule has 1 atom stereocenters. The number of nitrogens with zero attached hydrogens (tertiary/aromatic N) is 1. The van der Waals surface area contributed by atoms with Gasteiger partial charge in [0.25, 0.3) is 0 Å². The van der Waals surface area contributed by atoms with Crippen molar-refractivity contribution in [3.63, 3.8) is 0 Å². The number of likely N-dealkylation sites (tertiary alicyclic amines) is 1. The van der Waals surface area contributed by atoms with E-state index >= 15 is 0 Å². The number of ether oxygens (including phenoxy) is 1. The van der Waals surface area contributed by atoms with E-state index in [0.717, 1.165) is 25.9 Å². The summed E-state index contributed by atoms with van der Waals surface area (Å²) in [6.45, 7) is 6.62. The Morgan fingerprint density at radius 3 is 3.24 bits per heavy atom. The summed E-state index contributed by atoms with van der Waals surface area (Å²) >= 11 is 0. The number of nitrogens with one attached hydrogen (secondary N) is 1. The van der Waals surface area contributed by atoms with Gasteiger partial charge in [0.05, 0.1) is 6.61 Å². The molecule has 1 N–H and O–H groups in total. The van der Waals surface area contributed by atoms with E-state index in [4.69, 9.17) is 11.2 Å². The fraction of sp³-hybridized carbons (Fsp3) is 0.615. The Kier molecular flexibility index (Phi) is 6.19. The summed E-state index contributed by atoms with van der Waals surface area (Å²) in [5.74, 6) is 2.84. The van der Waals surface area contributed by atoms with Crippen molar-refractivity contribution in [3.05, 3.63) is 12.7 Å². The fourth-order valence-corrected chi connectivity index (χ4v) is 1.94. The zero-order valence-electron chi connectivity index (χ0n) is 10.2. The molecule has 1 heterocycles. The molecule has 0 radical (unpaired) electrons. The lowest BCUT2D eigenvalue weighted by Crippen LogP contribution is -2.46. The second-order valence-electron chi connectivity index (χ2n) is 4.15. The van der Waals surface area contributed by atoms with Gasteiger partial charge in [0.15, 0.2) is 0 Å². The van der Waals surface area contributed by atoms with E-state index < -0.39 is 0 Å². The van der Waals surface area contributed by atoms with Gasteiger partial charge in [-0.3, -0.25) is 0 Å².